The summed E-state index contributed by atoms with van der Waals surface area (Å²) in [6, 6.07) is 15.6. The molecule has 0 aliphatic carbocycles. The van der Waals surface area contributed by atoms with Crippen LogP contribution in [-0.2, 0) is 9.59 Å². The van der Waals surface area contributed by atoms with Crippen molar-refractivity contribution in [1.29, 1.82) is 0 Å². The van der Waals surface area contributed by atoms with Crippen molar-refractivity contribution in [2.24, 2.45) is 0 Å². The van der Waals surface area contributed by atoms with Crippen molar-refractivity contribution in [2.75, 3.05) is 17.3 Å². The summed E-state index contributed by atoms with van der Waals surface area (Å²) in [4.78, 5) is 27.5. The first-order valence-electron chi connectivity index (χ1n) is 9.14. The minimum Gasteiger partial charge on any atom is -0.497 e. The third-order valence-electron chi connectivity index (χ3n) is 4.74. The zero-order chi connectivity index (χ0) is 22.1. The average Bonchev–Trinajstić information content (AvgIpc) is 3.01. The minimum absolute atomic E-state index is 0.00206. The lowest BCUT2D eigenvalue weighted by Crippen LogP contribution is -2.32. The highest BCUT2D eigenvalue weighted by atomic mass is 35.5. The van der Waals surface area contributed by atoms with Crippen LogP contribution in [0.1, 0.15) is 5.56 Å². The maximum Gasteiger partial charge on any atom is 0.282 e. The van der Waals surface area contributed by atoms with Crippen LogP contribution in [-0.4, -0.2) is 18.9 Å². The molecule has 0 atom stereocenters. The number of nitrogens with one attached hydrogen (secondary N) is 1. The zero-order valence-corrected chi connectivity index (χ0v) is 16.9. The summed E-state index contributed by atoms with van der Waals surface area (Å²) in [5.74, 6) is -1.79. The van der Waals surface area contributed by atoms with Crippen LogP contribution >= 0.6 is 11.6 Å². The Hall–Kier alpha value is -3.71. The van der Waals surface area contributed by atoms with E-state index in [0.717, 1.165) is 11.0 Å². The van der Waals surface area contributed by atoms with Gasteiger partial charge in [-0.2, -0.15) is 0 Å². The smallest absolute Gasteiger partial charge is 0.282 e. The van der Waals surface area contributed by atoms with E-state index in [1.165, 1.54) is 43.5 Å². The molecular weight excluding hydrogens is 426 g/mol. The quantitative estimate of drug-likeness (QED) is 0.566. The van der Waals surface area contributed by atoms with Crippen LogP contribution in [0.4, 0.5) is 20.2 Å². The maximum absolute atomic E-state index is 13.6. The lowest BCUT2D eigenvalue weighted by Gasteiger charge is -2.16. The molecule has 0 saturated heterocycles. The molecular formula is C23H15ClF2N2O3. The van der Waals surface area contributed by atoms with Crippen LogP contribution in [0.2, 0.25) is 5.02 Å². The summed E-state index contributed by atoms with van der Waals surface area (Å²) in [7, 11) is 1.51. The van der Waals surface area contributed by atoms with Gasteiger partial charge >= 0.3 is 0 Å². The van der Waals surface area contributed by atoms with E-state index in [0.29, 0.717) is 17.0 Å². The molecule has 1 heterocycles. The Bertz CT molecular complexity index is 1210. The number of halogens is 3. The van der Waals surface area contributed by atoms with Crippen molar-refractivity contribution in [3.8, 4) is 5.75 Å². The topological polar surface area (TPSA) is 58.6 Å². The van der Waals surface area contributed by atoms with Crippen molar-refractivity contribution in [2.45, 2.75) is 0 Å². The van der Waals surface area contributed by atoms with Crippen molar-refractivity contribution >= 4 is 40.4 Å². The van der Waals surface area contributed by atoms with Gasteiger partial charge in [-0.15, -0.1) is 0 Å². The van der Waals surface area contributed by atoms with Gasteiger partial charge in [0.2, 0.25) is 0 Å². The van der Waals surface area contributed by atoms with E-state index in [9.17, 15) is 18.4 Å². The van der Waals surface area contributed by atoms with E-state index in [2.05, 4.69) is 5.32 Å². The van der Waals surface area contributed by atoms with Crippen LogP contribution in [0.3, 0.4) is 0 Å². The van der Waals surface area contributed by atoms with E-state index in [1.807, 2.05) is 0 Å². The van der Waals surface area contributed by atoms with Crippen LogP contribution in [0, 0.1) is 11.6 Å². The molecule has 0 fully saturated rings. The van der Waals surface area contributed by atoms with Gasteiger partial charge in [-0.3, -0.25) is 9.59 Å². The van der Waals surface area contributed by atoms with Gasteiger partial charge in [0, 0.05) is 5.69 Å². The van der Waals surface area contributed by atoms with Gasteiger partial charge in [-0.05, 0) is 60.2 Å². The van der Waals surface area contributed by atoms with E-state index >= 15 is 0 Å². The number of methoxy groups -OCH3 is 1. The first kappa shape index (κ1) is 20.6. The number of anilines is 2. The highest BCUT2D eigenvalue weighted by Gasteiger charge is 2.40. The van der Waals surface area contributed by atoms with E-state index in [4.69, 9.17) is 16.3 Å². The molecule has 3 aromatic rings. The molecule has 0 bridgehead atoms. The zero-order valence-electron chi connectivity index (χ0n) is 16.2. The number of rotatable bonds is 5. The highest BCUT2D eigenvalue weighted by molar-refractivity contribution is 6.46. The molecule has 1 aliphatic heterocycles. The van der Waals surface area contributed by atoms with Crippen molar-refractivity contribution in [1.82, 2.24) is 0 Å². The Morgan fingerprint density at radius 1 is 0.903 bits per heavy atom. The lowest BCUT2D eigenvalue weighted by molar-refractivity contribution is -0.120. The molecule has 31 heavy (non-hydrogen) atoms. The predicted octanol–water partition coefficient (Wildman–Crippen LogP) is 5.02. The monoisotopic (exact) mass is 440 g/mol. The summed E-state index contributed by atoms with van der Waals surface area (Å²) in [6.45, 7) is 0. The highest BCUT2D eigenvalue weighted by Crippen LogP contribution is 2.35. The summed E-state index contributed by atoms with van der Waals surface area (Å²) >= 11 is 5.85. The van der Waals surface area contributed by atoms with Crippen molar-refractivity contribution < 1.29 is 23.1 Å². The molecule has 2 amide bonds. The summed E-state index contributed by atoms with van der Waals surface area (Å²) in [5, 5.41) is 2.70. The summed E-state index contributed by atoms with van der Waals surface area (Å²) in [5.41, 5.74) is 1.13. The third-order valence-corrected chi connectivity index (χ3v) is 5.03. The molecule has 1 N–H and O–H groups in total. The first-order valence-corrected chi connectivity index (χ1v) is 9.52. The third kappa shape index (κ3) is 3.87. The van der Waals surface area contributed by atoms with E-state index in [-0.39, 0.29) is 22.0 Å². The molecule has 0 spiro atoms. The molecule has 0 radical (unpaired) electrons. The van der Waals surface area contributed by atoms with Crippen LogP contribution in [0.25, 0.3) is 5.57 Å². The van der Waals surface area contributed by atoms with Crippen molar-refractivity contribution in [3.05, 3.63) is 94.6 Å². The molecule has 8 heteroatoms. The number of carbonyl (C=O) groups excluding carboxylic acids is 2. The Labute approximate surface area is 181 Å². The maximum atomic E-state index is 13.6. The SMILES string of the molecule is COc1ccc(C2=C(Nc3ccc(F)cc3)C(=O)N(c3ccc(F)c(Cl)c3)C2=O)cc1. The number of imide groups is 1. The molecule has 1 aliphatic rings. The molecule has 0 saturated carbocycles. The Balaban J connectivity index is 1.81. The van der Waals surface area contributed by atoms with Gasteiger partial charge in [0.1, 0.15) is 23.1 Å². The molecule has 5 nitrogen and oxygen atoms in total. The fraction of sp³-hybridized carbons (Fsp3) is 0.0435. The van der Waals surface area contributed by atoms with Crippen molar-refractivity contribution in [3.63, 3.8) is 0 Å². The fourth-order valence-corrected chi connectivity index (χ4v) is 3.38. The number of carbonyl (C=O) groups is 2. The Morgan fingerprint density at radius 2 is 1.58 bits per heavy atom. The van der Waals surface area contributed by atoms with Gasteiger partial charge < -0.3 is 10.1 Å². The second kappa shape index (κ2) is 8.20. The van der Waals surface area contributed by atoms with Gasteiger partial charge in [-0.1, -0.05) is 23.7 Å². The molecule has 3 aromatic carbocycles. The second-order valence-electron chi connectivity index (χ2n) is 6.65. The lowest BCUT2D eigenvalue weighted by atomic mass is 10.0. The molecule has 0 aromatic heterocycles. The number of ether oxygens (including phenoxy) is 1. The minimum atomic E-state index is -0.669. The average molecular weight is 441 g/mol. The number of nitrogens with zero attached hydrogens (tertiary/aromatic N) is 1. The van der Waals surface area contributed by atoms with Gasteiger partial charge in [0.05, 0.1) is 23.4 Å². The van der Waals surface area contributed by atoms with Crippen LogP contribution < -0.4 is 15.0 Å². The summed E-state index contributed by atoms with van der Waals surface area (Å²) < 4.78 is 32.0. The van der Waals surface area contributed by atoms with Gasteiger partial charge in [-0.25, -0.2) is 13.7 Å². The van der Waals surface area contributed by atoms with Gasteiger partial charge in [0.15, 0.2) is 0 Å². The Morgan fingerprint density at radius 3 is 2.19 bits per heavy atom. The fourth-order valence-electron chi connectivity index (χ4n) is 3.21. The van der Waals surface area contributed by atoms with Crippen LogP contribution in [0.5, 0.6) is 5.75 Å². The van der Waals surface area contributed by atoms with E-state index < -0.39 is 23.4 Å². The number of amides is 2. The number of hydrogen-bond donors (Lipinski definition) is 1. The molecule has 0 unspecified atom stereocenters. The summed E-state index contributed by atoms with van der Waals surface area (Å²) in [6.07, 6.45) is 0. The van der Waals surface area contributed by atoms with E-state index in [1.54, 1.807) is 24.3 Å². The van der Waals surface area contributed by atoms with Gasteiger partial charge in [0.25, 0.3) is 11.8 Å². The second-order valence-corrected chi connectivity index (χ2v) is 7.06. The largest absolute Gasteiger partial charge is 0.497 e. The predicted molar refractivity (Wildman–Crippen MR) is 114 cm³/mol. The first-order chi connectivity index (χ1) is 14.9. The van der Waals surface area contributed by atoms with Crippen LogP contribution in [0.15, 0.2) is 72.4 Å². The normalized spacial score (nSPS) is 13.7. The standard InChI is InChI=1S/C23H15ClF2N2O3/c1-31-17-9-2-13(3-10-17)20-21(27-15-6-4-14(25)5-7-15)23(30)28(22(20)29)16-8-11-19(26)18(24)12-16/h2-12,27H,1H3. The number of hydrogen-bond acceptors (Lipinski definition) is 4. The Kier molecular flexibility index (Phi) is 5.44. The number of benzene rings is 3. The molecule has 4 rings (SSSR count). The molecule has 156 valence electrons.